The molecule has 2 fully saturated rings. The average Bonchev–Trinajstić information content (AvgIpc) is 3.36. The number of likely N-dealkylation sites (tertiary alicyclic amines) is 1. The molecule has 0 spiro atoms. The van der Waals surface area contributed by atoms with Gasteiger partial charge in [-0.25, -0.2) is 14.2 Å². The standard InChI is InChI=1S/C30H37FN6O4/c1-21(2)33-28(39)23-7-3-6-22(18-23)20-35-14-16-37(17-15-35)29(40)24-9-10-26(25(31)19-24)34-30(41)32-11-5-13-36-12-4-8-27(36)38/h3,6-7,9-10,18-19H,4-5,8,11-17,20H2,1-2H3,(H2,32,34,41). The molecule has 218 valence electrons. The van der Waals surface area contributed by atoms with E-state index < -0.39 is 11.8 Å². The number of anilines is 1. The van der Waals surface area contributed by atoms with Crippen LogP contribution in [0.15, 0.2) is 47.5 Å². The van der Waals surface area contributed by atoms with Gasteiger partial charge in [0.15, 0.2) is 0 Å². The fourth-order valence-electron chi connectivity index (χ4n) is 4.95. The number of aliphatic imine (C=N–C) groups is 1. The van der Waals surface area contributed by atoms with E-state index in [-0.39, 0.29) is 29.0 Å². The zero-order chi connectivity index (χ0) is 29.4. The quantitative estimate of drug-likeness (QED) is 0.357. The van der Waals surface area contributed by atoms with Gasteiger partial charge in [-0.1, -0.05) is 12.1 Å². The van der Waals surface area contributed by atoms with Crippen molar-refractivity contribution in [1.29, 1.82) is 0 Å². The highest BCUT2D eigenvalue weighted by Gasteiger charge is 2.23. The van der Waals surface area contributed by atoms with Crippen molar-refractivity contribution in [2.24, 2.45) is 4.99 Å². The third kappa shape index (κ3) is 8.43. The molecule has 0 unspecified atom stereocenters. The largest absolute Gasteiger partial charge is 0.343 e. The zero-order valence-corrected chi connectivity index (χ0v) is 23.6. The van der Waals surface area contributed by atoms with Crippen LogP contribution in [0.25, 0.3) is 0 Å². The molecule has 2 aliphatic heterocycles. The summed E-state index contributed by atoms with van der Waals surface area (Å²) in [6.45, 7) is 8.17. The molecule has 5 amide bonds. The maximum atomic E-state index is 14.7. The second kappa shape index (κ2) is 14.0. The number of carbonyl (C=O) groups is 4. The zero-order valence-electron chi connectivity index (χ0n) is 23.6. The van der Waals surface area contributed by atoms with Gasteiger partial charge in [0.2, 0.25) is 5.91 Å². The van der Waals surface area contributed by atoms with Gasteiger partial charge in [-0.05, 0) is 62.6 Å². The molecule has 2 saturated heterocycles. The van der Waals surface area contributed by atoms with Gasteiger partial charge in [-0.3, -0.25) is 19.3 Å². The fraction of sp³-hybridized carbons (Fsp3) is 0.433. The Kier molecular flexibility index (Phi) is 10.2. The van der Waals surface area contributed by atoms with Crippen LogP contribution < -0.4 is 10.6 Å². The molecular weight excluding hydrogens is 527 g/mol. The van der Waals surface area contributed by atoms with Crippen molar-refractivity contribution in [3.05, 3.63) is 65.0 Å². The van der Waals surface area contributed by atoms with Gasteiger partial charge in [-0.2, -0.15) is 0 Å². The monoisotopic (exact) mass is 564 g/mol. The van der Waals surface area contributed by atoms with Crippen molar-refractivity contribution in [2.75, 3.05) is 51.1 Å². The number of nitrogens with zero attached hydrogens (tertiary/aromatic N) is 4. The van der Waals surface area contributed by atoms with E-state index >= 15 is 0 Å². The summed E-state index contributed by atoms with van der Waals surface area (Å²) in [7, 11) is 0. The Bertz CT molecular complexity index is 1320. The van der Waals surface area contributed by atoms with Gasteiger partial charge < -0.3 is 20.4 Å². The van der Waals surface area contributed by atoms with Crippen LogP contribution in [0.2, 0.25) is 0 Å². The third-order valence-corrected chi connectivity index (χ3v) is 7.09. The summed E-state index contributed by atoms with van der Waals surface area (Å²) in [5.41, 5.74) is 2.45. The van der Waals surface area contributed by atoms with Gasteiger partial charge in [0.05, 0.1) is 5.69 Å². The number of piperazine rings is 1. The molecule has 0 aliphatic carbocycles. The highest BCUT2D eigenvalue weighted by molar-refractivity contribution is 6.02. The van der Waals surface area contributed by atoms with Crippen LogP contribution in [0.5, 0.6) is 0 Å². The molecule has 0 atom stereocenters. The van der Waals surface area contributed by atoms with Crippen LogP contribution in [0.4, 0.5) is 14.9 Å². The van der Waals surface area contributed by atoms with Gasteiger partial charge in [0.25, 0.3) is 11.8 Å². The summed E-state index contributed by atoms with van der Waals surface area (Å²) in [5.74, 6) is -1.08. The summed E-state index contributed by atoms with van der Waals surface area (Å²) in [5, 5.41) is 5.14. The Morgan fingerprint density at radius 2 is 1.76 bits per heavy atom. The number of carbonyl (C=O) groups excluding carboxylic acids is 4. The molecule has 10 nitrogen and oxygen atoms in total. The second-order valence-electron chi connectivity index (χ2n) is 10.5. The molecule has 2 heterocycles. The number of hydrogen-bond donors (Lipinski definition) is 2. The van der Waals surface area contributed by atoms with E-state index in [0.29, 0.717) is 69.9 Å². The topological polar surface area (TPSA) is 114 Å². The first-order chi connectivity index (χ1) is 19.7. The Morgan fingerprint density at radius 1 is 0.976 bits per heavy atom. The van der Waals surface area contributed by atoms with E-state index in [9.17, 15) is 23.6 Å². The van der Waals surface area contributed by atoms with E-state index in [4.69, 9.17) is 0 Å². The minimum atomic E-state index is -0.690. The van der Waals surface area contributed by atoms with Crippen molar-refractivity contribution in [3.8, 4) is 0 Å². The van der Waals surface area contributed by atoms with E-state index in [1.54, 1.807) is 29.7 Å². The predicted octanol–water partition coefficient (Wildman–Crippen LogP) is 3.54. The fourth-order valence-corrected chi connectivity index (χ4v) is 4.95. The number of amides is 5. The maximum absolute atomic E-state index is 14.7. The van der Waals surface area contributed by atoms with Crippen molar-refractivity contribution < 1.29 is 23.6 Å². The Hall–Kier alpha value is -4.12. The molecule has 0 aromatic heterocycles. The molecule has 2 N–H and O–H groups in total. The molecule has 2 aliphatic rings. The van der Waals surface area contributed by atoms with E-state index in [0.717, 1.165) is 24.6 Å². The van der Waals surface area contributed by atoms with Crippen LogP contribution in [0, 0.1) is 5.82 Å². The number of urea groups is 1. The first kappa shape index (κ1) is 29.9. The highest BCUT2D eigenvalue weighted by Crippen LogP contribution is 2.19. The number of halogens is 1. The Morgan fingerprint density at radius 3 is 2.44 bits per heavy atom. The van der Waals surface area contributed by atoms with Gasteiger partial charge in [-0.15, -0.1) is 0 Å². The number of benzene rings is 2. The van der Waals surface area contributed by atoms with Crippen molar-refractivity contribution in [2.45, 2.75) is 39.7 Å². The van der Waals surface area contributed by atoms with Crippen LogP contribution >= 0.6 is 0 Å². The molecule has 2 aromatic carbocycles. The third-order valence-electron chi connectivity index (χ3n) is 7.09. The van der Waals surface area contributed by atoms with Crippen molar-refractivity contribution in [3.63, 3.8) is 0 Å². The average molecular weight is 565 g/mol. The Balaban J connectivity index is 1.22. The van der Waals surface area contributed by atoms with Crippen LogP contribution in [-0.4, -0.2) is 90.0 Å². The summed E-state index contributed by atoms with van der Waals surface area (Å²) in [6, 6.07) is 10.9. The smallest absolute Gasteiger partial charge is 0.319 e. The summed E-state index contributed by atoms with van der Waals surface area (Å²) < 4.78 is 14.7. The molecule has 41 heavy (non-hydrogen) atoms. The molecule has 2 aromatic rings. The van der Waals surface area contributed by atoms with E-state index in [2.05, 4.69) is 20.5 Å². The summed E-state index contributed by atoms with van der Waals surface area (Å²) in [6.07, 6.45) is 2.06. The van der Waals surface area contributed by atoms with Gasteiger partial charge >= 0.3 is 6.03 Å². The first-order valence-corrected chi connectivity index (χ1v) is 14.0. The molecule has 0 radical (unpaired) electrons. The lowest BCUT2D eigenvalue weighted by molar-refractivity contribution is -0.127. The Labute approximate surface area is 239 Å². The number of nitrogens with one attached hydrogen (secondary N) is 2. The van der Waals surface area contributed by atoms with Gasteiger partial charge in [0, 0.05) is 75.6 Å². The molecule has 4 rings (SSSR count). The highest BCUT2D eigenvalue weighted by atomic mass is 19.1. The molecular formula is C30H37FN6O4. The SMILES string of the molecule is CC(C)=NC(=O)c1cccc(CN2CCN(C(=O)c3ccc(NC(=O)NCCCN4CCCC4=O)c(F)c3)CC2)c1. The lowest BCUT2D eigenvalue weighted by atomic mass is 10.1. The minimum absolute atomic E-state index is 0.0147. The van der Waals surface area contributed by atoms with Crippen molar-refractivity contribution in [1.82, 2.24) is 20.0 Å². The van der Waals surface area contributed by atoms with E-state index in [1.807, 2.05) is 18.2 Å². The summed E-state index contributed by atoms with van der Waals surface area (Å²) in [4.78, 5) is 58.8. The number of hydrogen-bond acceptors (Lipinski definition) is 5. The first-order valence-electron chi connectivity index (χ1n) is 14.0. The van der Waals surface area contributed by atoms with Crippen LogP contribution in [-0.2, 0) is 11.3 Å². The molecule has 11 heteroatoms. The number of rotatable bonds is 9. The van der Waals surface area contributed by atoms with Gasteiger partial charge in [0.1, 0.15) is 5.82 Å². The normalized spacial score (nSPS) is 15.5. The minimum Gasteiger partial charge on any atom is -0.343 e. The summed E-state index contributed by atoms with van der Waals surface area (Å²) >= 11 is 0. The van der Waals surface area contributed by atoms with Crippen LogP contribution in [0.1, 0.15) is 59.4 Å². The molecule has 0 bridgehead atoms. The molecule has 0 saturated carbocycles. The lowest BCUT2D eigenvalue weighted by Gasteiger charge is -2.35. The van der Waals surface area contributed by atoms with Crippen LogP contribution in [0.3, 0.4) is 0 Å². The second-order valence-corrected chi connectivity index (χ2v) is 10.5. The van der Waals surface area contributed by atoms with Crippen molar-refractivity contribution >= 4 is 35.2 Å². The van der Waals surface area contributed by atoms with E-state index in [1.165, 1.54) is 12.1 Å². The lowest BCUT2D eigenvalue weighted by Crippen LogP contribution is -2.48. The maximum Gasteiger partial charge on any atom is 0.319 e. The predicted molar refractivity (Wildman–Crippen MR) is 155 cm³/mol.